The topological polar surface area (TPSA) is 112 Å². The summed E-state index contributed by atoms with van der Waals surface area (Å²) in [5.74, 6) is -0.815. The van der Waals surface area contributed by atoms with Crippen LogP contribution in [0, 0.1) is 0 Å². The fraction of sp³-hybridized carbons (Fsp3) is 0.897. The van der Waals surface area contributed by atoms with E-state index in [2.05, 4.69) is 16.7 Å². The molecule has 1 rings (SSSR count). The van der Waals surface area contributed by atoms with Crippen LogP contribution >= 0.6 is 0 Å². The van der Waals surface area contributed by atoms with Crippen molar-refractivity contribution in [3.8, 4) is 0 Å². The third kappa shape index (κ3) is 18.5. The average Bonchev–Trinajstić information content (AvgIpc) is 2.84. The van der Waals surface area contributed by atoms with E-state index in [1.54, 1.807) is 6.92 Å². The first kappa shape index (κ1) is 36.2. The molecule has 1 unspecified atom stereocenters. The van der Waals surface area contributed by atoms with E-state index >= 15 is 0 Å². The Kier molecular flexibility index (Phi) is 18.3. The molecule has 1 saturated heterocycles. The predicted molar refractivity (Wildman–Crippen MR) is 155 cm³/mol. The lowest BCUT2D eigenvalue weighted by Crippen LogP contribution is -2.49. The van der Waals surface area contributed by atoms with Crippen LogP contribution in [0.3, 0.4) is 0 Å². The highest BCUT2D eigenvalue weighted by Gasteiger charge is 2.23. The third-order valence-corrected chi connectivity index (χ3v) is 6.45. The molecular weight excluding hydrogens is 516 g/mol. The molecular formula is C29H56N4O7. The number of nitrogens with zero attached hydrogens (tertiary/aromatic N) is 4. The van der Waals surface area contributed by atoms with Crippen molar-refractivity contribution in [1.82, 2.24) is 19.6 Å². The van der Waals surface area contributed by atoms with Gasteiger partial charge in [0.1, 0.15) is 5.60 Å². The maximum Gasteiger partial charge on any atom is 0.320 e. The van der Waals surface area contributed by atoms with Gasteiger partial charge in [-0.25, -0.2) is 0 Å². The Balaban J connectivity index is 3.02. The van der Waals surface area contributed by atoms with Gasteiger partial charge in [0, 0.05) is 58.9 Å². The zero-order valence-corrected chi connectivity index (χ0v) is 26.0. The number of aliphatic hydroxyl groups excluding tert-OH is 1. The number of carbonyl (C=O) groups is 3. The van der Waals surface area contributed by atoms with E-state index in [4.69, 9.17) is 14.2 Å². The second-order valence-corrected chi connectivity index (χ2v) is 11.7. The SMILES string of the molecule is CCCCOC(=O)CN1CCN(CC(=O)OCCCC)CCN(CC(C)O)CCN(CC(=O)OC(C)(C)C)CC1. The number of β-amino-alcohol motifs (C(OH)–C–C–N with tert-alkyl or cyclic N) is 1. The fourth-order valence-corrected chi connectivity index (χ4v) is 4.28. The van der Waals surface area contributed by atoms with Crippen LogP contribution in [-0.4, -0.2) is 146 Å². The molecule has 11 heteroatoms. The molecule has 0 aromatic rings. The maximum absolute atomic E-state index is 12.7. The lowest BCUT2D eigenvalue weighted by molar-refractivity contribution is -0.156. The summed E-state index contributed by atoms with van der Waals surface area (Å²) in [6.07, 6.45) is 3.06. The van der Waals surface area contributed by atoms with Gasteiger partial charge in [-0.1, -0.05) is 26.7 Å². The Morgan fingerprint density at radius 3 is 1.35 bits per heavy atom. The summed E-state index contributed by atoms with van der Waals surface area (Å²) in [4.78, 5) is 46.0. The van der Waals surface area contributed by atoms with E-state index in [0.717, 1.165) is 25.7 Å². The number of aliphatic hydroxyl groups is 1. The lowest BCUT2D eigenvalue weighted by Gasteiger charge is -2.34. The van der Waals surface area contributed by atoms with Crippen LogP contribution in [0.5, 0.6) is 0 Å². The minimum atomic E-state index is -0.572. The van der Waals surface area contributed by atoms with Crippen molar-refractivity contribution < 1.29 is 33.7 Å². The second-order valence-electron chi connectivity index (χ2n) is 11.7. The first-order valence-electron chi connectivity index (χ1n) is 15.0. The summed E-state index contributed by atoms with van der Waals surface area (Å²) >= 11 is 0. The molecule has 0 bridgehead atoms. The number of hydrogen-bond acceptors (Lipinski definition) is 11. The van der Waals surface area contributed by atoms with E-state index in [0.29, 0.717) is 72.1 Å². The van der Waals surface area contributed by atoms with E-state index < -0.39 is 11.7 Å². The van der Waals surface area contributed by atoms with Crippen LogP contribution in [0.1, 0.15) is 67.2 Å². The highest BCUT2D eigenvalue weighted by Crippen LogP contribution is 2.09. The van der Waals surface area contributed by atoms with Crippen molar-refractivity contribution in [2.75, 3.05) is 91.8 Å². The van der Waals surface area contributed by atoms with Crippen LogP contribution < -0.4 is 0 Å². The second kappa shape index (κ2) is 20.1. The molecule has 0 aromatic carbocycles. The van der Waals surface area contributed by atoms with Gasteiger partial charge in [-0.15, -0.1) is 0 Å². The van der Waals surface area contributed by atoms with E-state index in [1.165, 1.54) is 0 Å². The van der Waals surface area contributed by atoms with Gasteiger partial charge < -0.3 is 19.3 Å². The first-order valence-corrected chi connectivity index (χ1v) is 15.0. The van der Waals surface area contributed by atoms with Crippen molar-refractivity contribution in [1.29, 1.82) is 0 Å². The Bertz CT molecular complexity index is 730. The number of carbonyl (C=O) groups excluding carboxylic acids is 3. The van der Waals surface area contributed by atoms with Crippen molar-refractivity contribution in [2.45, 2.75) is 78.9 Å². The quantitative estimate of drug-likeness (QED) is 0.186. The van der Waals surface area contributed by atoms with Crippen molar-refractivity contribution in [3.63, 3.8) is 0 Å². The van der Waals surface area contributed by atoms with Crippen molar-refractivity contribution in [2.24, 2.45) is 0 Å². The van der Waals surface area contributed by atoms with Gasteiger partial charge in [0.25, 0.3) is 0 Å². The molecule has 40 heavy (non-hydrogen) atoms. The molecule has 0 amide bonds. The Morgan fingerprint density at radius 1 is 0.675 bits per heavy atom. The Hall–Kier alpha value is -1.79. The molecule has 0 radical (unpaired) electrons. The van der Waals surface area contributed by atoms with Gasteiger partial charge in [-0.2, -0.15) is 0 Å². The molecule has 1 N–H and O–H groups in total. The molecule has 0 spiro atoms. The monoisotopic (exact) mass is 572 g/mol. The van der Waals surface area contributed by atoms with E-state index in [-0.39, 0.29) is 37.5 Å². The van der Waals surface area contributed by atoms with Crippen LogP contribution in [0.15, 0.2) is 0 Å². The molecule has 1 heterocycles. The number of ether oxygens (including phenoxy) is 3. The smallest absolute Gasteiger partial charge is 0.320 e. The van der Waals surface area contributed by atoms with Gasteiger partial charge >= 0.3 is 17.9 Å². The molecule has 1 aliphatic heterocycles. The molecule has 0 aromatic heterocycles. The minimum Gasteiger partial charge on any atom is -0.465 e. The van der Waals surface area contributed by atoms with E-state index in [1.807, 2.05) is 37.5 Å². The maximum atomic E-state index is 12.7. The van der Waals surface area contributed by atoms with Crippen LogP contribution in [0.2, 0.25) is 0 Å². The first-order chi connectivity index (χ1) is 18.9. The van der Waals surface area contributed by atoms with Crippen LogP contribution in [-0.2, 0) is 28.6 Å². The largest absolute Gasteiger partial charge is 0.465 e. The van der Waals surface area contributed by atoms with Crippen LogP contribution in [0.4, 0.5) is 0 Å². The van der Waals surface area contributed by atoms with Gasteiger partial charge in [-0.3, -0.25) is 34.0 Å². The molecule has 234 valence electrons. The fourth-order valence-electron chi connectivity index (χ4n) is 4.28. The number of esters is 3. The summed E-state index contributed by atoms with van der Waals surface area (Å²) in [6, 6.07) is 0. The molecule has 1 atom stereocenters. The Morgan fingerprint density at radius 2 is 1.02 bits per heavy atom. The van der Waals surface area contributed by atoms with Gasteiger partial charge in [0.15, 0.2) is 0 Å². The summed E-state index contributed by atoms with van der Waals surface area (Å²) in [5, 5.41) is 10.1. The number of unbranched alkanes of at least 4 members (excludes halogenated alkanes) is 2. The highest BCUT2D eigenvalue weighted by atomic mass is 16.6. The zero-order chi connectivity index (χ0) is 30.0. The normalized spacial score (nSPS) is 18.4. The lowest BCUT2D eigenvalue weighted by atomic mass is 10.2. The van der Waals surface area contributed by atoms with Crippen molar-refractivity contribution >= 4 is 17.9 Å². The number of rotatable bonds is 14. The van der Waals surface area contributed by atoms with Gasteiger partial charge in [0.2, 0.25) is 0 Å². The summed E-state index contributed by atoms with van der Waals surface area (Å²) < 4.78 is 16.4. The summed E-state index contributed by atoms with van der Waals surface area (Å²) in [6.45, 7) is 17.9. The molecule has 0 aliphatic carbocycles. The van der Waals surface area contributed by atoms with Crippen molar-refractivity contribution in [3.05, 3.63) is 0 Å². The number of hydrogen-bond donors (Lipinski definition) is 1. The predicted octanol–water partition coefficient (Wildman–Crippen LogP) is 1.62. The highest BCUT2D eigenvalue weighted by molar-refractivity contribution is 5.72. The molecule has 11 nitrogen and oxygen atoms in total. The van der Waals surface area contributed by atoms with Crippen LogP contribution in [0.25, 0.3) is 0 Å². The molecule has 1 fully saturated rings. The molecule has 1 aliphatic rings. The zero-order valence-electron chi connectivity index (χ0n) is 26.0. The third-order valence-electron chi connectivity index (χ3n) is 6.45. The van der Waals surface area contributed by atoms with Gasteiger partial charge in [0.05, 0.1) is 39.0 Å². The standard InChI is InChI=1S/C29H56N4O7/c1-7-9-19-38-26(35)22-31-13-11-30(21-25(3)34)12-14-33(24-28(37)40-29(4,5)6)18-17-32(16-15-31)23-27(36)39-20-10-8-2/h25,34H,7-24H2,1-6H3. The average molecular weight is 573 g/mol. The van der Waals surface area contributed by atoms with Gasteiger partial charge in [-0.05, 0) is 40.5 Å². The van der Waals surface area contributed by atoms with E-state index in [9.17, 15) is 19.5 Å². The Labute approximate surface area is 242 Å². The summed E-state index contributed by atoms with van der Waals surface area (Å²) in [7, 11) is 0. The minimum absolute atomic E-state index is 0.143. The molecule has 0 saturated carbocycles. The summed E-state index contributed by atoms with van der Waals surface area (Å²) in [5.41, 5.74) is -0.572.